The van der Waals surface area contributed by atoms with Gasteiger partial charge in [0.05, 0.1) is 0 Å². The highest BCUT2D eigenvalue weighted by Crippen LogP contribution is 2.35. The summed E-state index contributed by atoms with van der Waals surface area (Å²) in [7, 11) is 0. The Morgan fingerprint density at radius 3 is 1.27 bits per heavy atom. The minimum absolute atomic E-state index is 0.239. The number of benzene rings is 2. The molecule has 130 valence electrons. The monoisotopic (exact) mass is 346 g/mol. The highest BCUT2D eigenvalue weighted by molar-refractivity contribution is 5.90. The van der Waals surface area contributed by atoms with Gasteiger partial charge >= 0.3 is 11.9 Å². The van der Waals surface area contributed by atoms with Gasteiger partial charge in [-0.25, -0.2) is 9.59 Å². The van der Waals surface area contributed by atoms with Gasteiger partial charge < -0.3 is 9.47 Å². The molecule has 0 saturated carbocycles. The van der Waals surface area contributed by atoms with Gasteiger partial charge in [-0.2, -0.15) is 0 Å². The Balaban J connectivity index is 1.49. The molecule has 0 amide bonds. The van der Waals surface area contributed by atoms with Crippen LogP contribution in [0.5, 0.6) is 0 Å². The van der Waals surface area contributed by atoms with Crippen LogP contribution in [0.15, 0.2) is 72.8 Å². The predicted octanol–water partition coefficient (Wildman–Crippen LogP) is 4.44. The third-order valence-electron chi connectivity index (χ3n) is 4.84. The molecule has 2 atom stereocenters. The van der Waals surface area contributed by atoms with Crippen LogP contribution in [-0.4, -0.2) is 11.9 Å². The van der Waals surface area contributed by atoms with Crippen LogP contribution in [0.1, 0.15) is 36.2 Å². The van der Waals surface area contributed by atoms with Crippen molar-refractivity contribution in [3.8, 4) is 11.1 Å². The van der Waals surface area contributed by atoms with Crippen LogP contribution < -0.4 is 0 Å². The fraction of sp³-hybridized carbons (Fsp3) is 0.182. The highest BCUT2D eigenvalue weighted by atomic mass is 16.6. The molecule has 0 bridgehead atoms. The van der Waals surface area contributed by atoms with Crippen molar-refractivity contribution in [2.45, 2.75) is 25.0 Å². The maximum Gasteiger partial charge on any atom is 0.334 e. The van der Waals surface area contributed by atoms with Crippen molar-refractivity contribution in [1.29, 1.82) is 0 Å². The lowest BCUT2D eigenvalue weighted by Crippen LogP contribution is -1.99. The summed E-state index contributed by atoms with van der Waals surface area (Å²) in [5.41, 5.74) is 5.10. The number of carbonyl (C=O) groups excluding carboxylic acids is 2. The molecule has 4 rings (SSSR count). The van der Waals surface area contributed by atoms with E-state index in [4.69, 9.17) is 9.47 Å². The summed E-state index contributed by atoms with van der Waals surface area (Å²) in [6, 6.07) is 15.9. The van der Waals surface area contributed by atoms with Gasteiger partial charge in [0.15, 0.2) is 0 Å². The topological polar surface area (TPSA) is 52.6 Å². The number of esters is 2. The third-order valence-corrected chi connectivity index (χ3v) is 4.84. The van der Waals surface area contributed by atoms with Gasteiger partial charge in [0.25, 0.3) is 0 Å². The van der Waals surface area contributed by atoms with Crippen LogP contribution in [0.4, 0.5) is 0 Å². The molecule has 0 aliphatic carbocycles. The zero-order valence-electron chi connectivity index (χ0n) is 14.2. The molecule has 2 aliphatic heterocycles. The number of ether oxygens (including phenoxy) is 2. The van der Waals surface area contributed by atoms with E-state index in [0.29, 0.717) is 24.0 Å². The predicted molar refractivity (Wildman–Crippen MR) is 97.1 cm³/mol. The van der Waals surface area contributed by atoms with Gasteiger partial charge in [0.1, 0.15) is 12.2 Å². The molecule has 2 heterocycles. The molecule has 4 heteroatoms. The van der Waals surface area contributed by atoms with Crippen LogP contribution in [0.25, 0.3) is 11.1 Å². The van der Waals surface area contributed by atoms with Crippen molar-refractivity contribution in [1.82, 2.24) is 0 Å². The minimum Gasteiger partial charge on any atom is -0.454 e. The van der Waals surface area contributed by atoms with E-state index in [-0.39, 0.29) is 24.1 Å². The molecule has 2 aliphatic rings. The lowest BCUT2D eigenvalue weighted by atomic mass is 9.98. The number of hydrogen-bond acceptors (Lipinski definition) is 4. The zero-order chi connectivity index (χ0) is 18.3. The number of hydrogen-bond donors (Lipinski definition) is 0. The molecule has 4 nitrogen and oxygen atoms in total. The second-order valence-electron chi connectivity index (χ2n) is 6.65. The first-order valence-electron chi connectivity index (χ1n) is 8.49. The Morgan fingerprint density at radius 2 is 1.00 bits per heavy atom. The van der Waals surface area contributed by atoms with Crippen LogP contribution in [0, 0.1) is 0 Å². The summed E-state index contributed by atoms with van der Waals surface area (Å²) < 4.78 is 10.6. The van der Waals surface area contributed by atoms with Gasteiger partial charge in [-0.1, -0.05) is 61.7 Å². The second kappa shape index (κ2) is 6.30. The fourth-order valence-electron chi connectivity index (χ4n) is 3.27. The average molecular weight is 346 g/mol. The quantitative estimate of drug-likeness (QED) is 0.609. The van der Waals surface area contributed by atoms with Gasteiger partial charge in [-0.15, -0.1) is 0 Å². The van der Waals surface area contributed by atoms with E-state index in [1.807, 2.05) is 48.5 Å². The Labute approximate surface area is 151 Å². The molecule has 2 fully saturated rings. The van der Waals surface area contributed by atoms with Crippen LogP contribution >= 0.6 is 0 Å². The molecule has 2 aromatic rings. The smallest absolute Gasteiger partial charge is 0.334 e. The van der Waals surface area contributed by atoms with Gasteiger partial charge in [-0.3, -0.25) is 0 Å². The molecular formula is C22H18O4. The highest BCUT2D eigenvalue weighted by Gasteiger charge is 2.29. The van der Waals surface area contributed by atoms with Crippen molar-refractivity contribution in [3.05, 3.63) is 84.0 Å². The van der Waals surface area contributed by atoms with Crippen molar-refractivity contribution >= 4 is 11.9 Å². The number of rotatable bonds is 3. The van der Waals surface area contributed by atoms with Gasteiger partial charge in [-0.05, 0) is 22.3 Å². The van der Waals surface area contributed by atoms with Crippen molar-refractivity contribution < 1.29 is 19.1 Å². The maximum atomic E-state index is 11.5. The van der Waals surface area contributed by atoms with E-state index >= 15 is 0 Å². The van der Waals surface area contributed by atoms with E-state index in [1.54, 1.807) is 0 Å². The summed E-state index contributed by atoms with van der Waals surface area (Å²) in [5.74, 6) is -0.630. The van der Waals surface area contributed by atoms with E-state index in [0.717, 1.165) is 22.3 Å². The summed E-state index contributed by atoms with van der Waals surface area (Å²) in [5, 5.41) is 0. The molecule has 0 radical (unpaired) electrons. The van der Waals surface area contributed by atoms with Crippen LogP contribution in [0.2, 0.25) is 0 Å². The molecule has 2 unspecified atom stereocenters. The molecule has 0 aromatic heterocycles. The van der Waals surface area contributed by atoms with Crippen molar-refractivity contribution in [3.63, 3.8) is 0 Å². The Hall–Kier alpha value is -3.14. The second-order valence-corrected chi connectivity index (χ2v) is 6.65. The van der Waals surface area contributed by atoms with E-state index in [1.165, 1.54) is 0 Å². The lowest BCUT2D eigenvalue weighted by molar-refractivity contribution is -0.140. The van der Waals surface area contributed by atoms with Crippen LogP contribution in [0.3, 0.4) is 0 Å². The largest absolute Gasteiger partial charge is 0.454 e. The Morgan fingerprint density at radius 1 is 0.654 bits per heavy atom. The standard InChI is InChI=1S/C22H18O4/c1-13-11-19(25-21(13)23)17-7-3-15(4-8-17)16-5-9-18(10-6-16)20-12-14(2)22(24)26-20/h3-10,19-20H,1-2,11-12H2. The normalized spacial score (nSPS) is 22.5. The van der Waals surface area contributed by atoms with Crippen molar-refractivity contribution in [2.75, 3.05) is 0 Å². The van der Waals surface area contributed by atoms with E-state index < -0.39 is 0 Å². The average Bonchev–Trinajstić information content (AvgIpc) is 3.17. The van der Waals surface area contributed by atoms with E-state index in [9.17, 15) is 9.59 Å². The Kier molecular flexibility index (Phi) is 3.96. The fourth-order valence-corrected chi connectivity index (χ4v) is 3.27. The molecule has 2 saturated heterocycles. The SMILES string of the molecule is C=C1CC(c2ccc(-c3ccc(C4CC(=C)C(=O)O4)cc3)cc2)OC1=O. The summed E-state index contributed by atoms with van der Waals surface area (Å²) in [6.07, 6.45) is 0.601. The Bertz CT molecular complexity index is 797. The van der Waals surface area contributed by atoms with Crippen molar-refractivity contribution in [2.24, 2.45) is 0 Å². The maximum absolute atomic E-state index is 11.5. The lowest BCUT2D eigenvalue weighted by Gasteiger charge is -2.12. The molecule has 0 spiro atoms. The van der Waals surface area contributed by atoms with E-state index in [2.05, 4.69) is 13.2 Å². The summed E-state index contributed by atoms with van der Waals surface area (Å²) in [4.78, 5) is 22.9. The first-order valence-corrected chi connectivity index (χ1v) is 8.49. The first-order chi connectivity index (χ1) is 12.5. The zero-order valence-corrected chi connectivity index (χ0v) is 14.2. The molecular weight excluding hydrogens is 328 g/mol. The first kappa shape index (κ1) is 16.3. The van der Waals surface area contributed by atoms with Gasteiger partial charge in [0.2, 0.25) is 0 Å². The number of cyclic esters (lactones) is 2. The molecule has 0 N–H and O–H groups in total. The summed E-state index contributed by atoms with van der Waals surface area (Å²) >= 11 is 0. The summed E-state index contributed by atoms with van der Waals surface area (Å²) in [6.45, 7) is 7.43. The van der Waals surface area contributed by atoms with Crippen LogP contribution in [-0.2, 0) is 19.1 Å². The minimum atomic E-state index is -0.315. The number of carbonyl (C=O) groups is 2. The third kappa shape index (κ3) is 2.94. The molecule has 2 aromatic carbocycles. The van der Waals surface area contributed by atoms with Gasteiger partial charge in [0, 0.05) is 24.0 Å². The molecule has 26 heavy (non-hydrogen) atoms.